The Morgan fingerprint density at radius 1 is 1.42 bits per heavy atom. The fourth-order valence-corrected chi connectivity index (χ4v) is 1.74. The molecular formula is C13H13NO5. The molecule has 0 saturated heterocycles. The highest BCUT2D eigenvalue weighted by Crippen LogP contribution is 2.39. The fraction of sp³-hybridized carbons (Fsp3) is 0.308. The van der Waals surface area contributed by atoms with Crippen LogP contribution in [0.1, 0.15) is 18.9 Å². The summed E-state index contributed by atoms with van der Waals surface area (Å²) in [6.45, 7) is 2.46. The van der Waals surface area contributed by atoms with Crippen molar-refractivity contribution in [3.63, 3.8) is 0 Å². The minimum absolute atomic E-state index is 0.107. The van der Waals surface area contributed by atoms with Crippen LogP contribution in [-0.4, -0.2) is 23.9 Å². The van der Waals surface area contributed by atoms with Crippen LogP contribution in [0.15, 0.2) is 18.2 Å². The summed E-state index contributed by atoms with van der Waals surface area (Å²) in [7, 11) is 0. The molecule has 0 aliphatic carbocycles. The quantitative estimate of drug-likeness (QED) is 0.473. The highest BCUT2D eigenvalue weighted by molar-refractivity contribution is 5.94. The lowest BCUT2D eigenvalue weighted by Gasteiger charge is -2.19. The summed E-state index contributed by atoms with van der Waals surface area (Å²) in [6, 6.07) is 2.86. The Morgan fingerprint density at radius 2 is 2.16 bits per heavy atom. The molecule has 0 amide bonds. The first-order valence-electron chi connectivity index (χ1n) is 5.91. The number of hydrogen-bond donors (Lipinski definition) is 0. The first-order valence-corrected chi connectivity index (χ1v) is 5.91. The lowest BCUT2D eigenvalue weighted by atomic mass is 10.1. The van der Waals surface area contributed by atoms with E-state index < -0.39 is 4.92 Å². The van der Waals surface area contributed by atoms with E-state index in [-0.39, 0.29) is 17.0 Å². The maximum Gasteiger partial charge on any atom is 0.280 e. The molecule has 0 spiro atoms. The number of rotatable bonds is 4. The number of nitrogens with zero attached hydrogens (tertiary/aromatic N) is 1. The molecule has 1 aromatic rings. The number of allylic oxidation sites excluding steroid dienone is 1. The Hall–Kier alpha value is -2.37. The monoisotopic (exact) mass is 263 g/mol. The van der Waals surface area contributed by atoms with Crippen LogP contribution in [0.2, 0.25) is 0 Å². The van der Waals surface area contributed by atoms with E-state index in [9.17, 15) is 14.9 Å². The average Bonchev–Trinajstić information content (AvgIpc) is 2.43. The van der Waals surface area contributed by atoms with Crippen LogP contribution in [0.25, 0.3) is 6.08 Å². The number of ketones is 1. The summed E-state index contributed by atoms with van der Waals surface area (Å²) in [5, 5.41) is 11.0. The maximum absolute atomic E-state index is 11.3. The smallest absolute Gasteiger partial charge is 0.280 e. The Bertz CT molecular complexity index is 550. The number of nitro groups is 1. The molecule has 100 valence electrons. The summed E-state index contributed by atoms with van der Waals surface area (Å²) in [6.07, 6.45) is 3.08. The van der Waals surface area contributed by atoms with E-state index >= 15 is 0 Å². The molecule has 2 rings (SSSR count). The van der Waals surface area contributed by atoms with Gasteiger partial charge in [0.25, 0.3) is 5.69 Å². The predicted molar refractivity (Wildman–Crippen MR) is 68.4 cm³/mol. The second kappa shape index (κ2) is 5.51. The van der Waals surface area contributed by atoms with Gasteiger partial charge in [-0.15, -0.1) is 0 Å². The van der Waals surface area contributed by atoms with Crippen molar-refractivity contribution in [2.45, 2.75) is 13.3 Å². The van der Waals surface area contributed by atoms with Gasteiger partial charge >= 0.3 is 0 Å². The first-order chi connectivity index (χ1) is 9.13. The lowest BCUT2D eigenvalue weighted by molar-refractivity contribution is -0.385. The second-order valence-electron chi connectivity index (χ2n) is 3.93. The van der Waals surface area contributed by atoms with E-state index in [1.807, 2.05) is 0 Å². The third-order valence-electron chi connectivity index (χ3n) is 2.71. The summed E-state index contributed by atoms with van der Waals surface area (Å²) in [5.74, 6) is 0.671. The van der Waals surface area contributed by atoms with E-state index in [4.69, 9.17) is 9.47 Å². The van der Waals surface area contributed by atoms with Crippen molar-refractivity contribution in [3.05, 3.63) is 33.9 Å². The molecule has 0 fully saturated rings. The molecule has 0 unspecified atom stereocenters. The van der Waals surface area contributed by atoms with Crippen LogP contribution < -0.4 is 9.47 Å². The van der Waals surface area contributed by atoms with Crippen molar-refractivity contribution in [1.82, 2.24) is 0 Å². The molecule has 0 N–H and O–H groups in total. The summed E-state index contributed by atoms with van der Waals surface area (Å²) in [4.78, 5) is 21.8. The number of carbonyl (C=O) groups is 1. The molecule has 1 aliphatic rings. The third kappa shape index (κ3) is 2.73. The minimum Gasteiger partial charge on any atom is -0.486 e. The molecule has 6 nitrogen and oxygen atoms in total. The van der Waals surface area contributed by atoms with Crippen molar-refractivity contribution in [3.8, 4) is 11.5 Å². The van der Waals surface area contributed by atoms with Crippen molar-refractivity contribution >= 4 is 17.5 Å². The Morgan fingerprint density at radius 3 is 2.84 bits per heavy atom. The van der Waals surface area contributed by atoms with E-state index in [1.165, 1.54) is 24.3 Å². The zero-order valence-corrected chi connectivity index (χ0v) is 10.4. The summed E-state index contributed by atoms with van der Waals surface area (Å²) in [5.41, 5.74) is 0.161. The van der Waals surface area contributed by atoms with Gasteiger partial charge < -0.3 is 9.47 Å². The summed E-state index contributed by atoms with van der Waals surface area (Å²) < 4.78 is 10.8. The second-order valence-corrected chi connectivity index (χ2v) is 3.93. The zero-order chi connectivity index (χ0) is 13.8. The molecule has 0 aromatic heterocycles. The molecule has 0 saturated carbocycles. The van der Waals surface area contributed by atoms with Gasteiger partial charge in [0.15, 0.2) is 17.3 Å². The Kier molecular flexibility index (Phi) is 3.79. The molecule has 0 atom stereocenters. The van der Waals surface area contributed by atoms with E-state index in [0.717, 1.165) is 0 Å². The molecule has 0 radical (unpaired) electrons. The van der Waals surface area contributed by atoms with E-state index in [2.05, 4.69) is 0 Å². The topological polar surface area (TPSA) is 78.7 Å². The Labute approximate surface area is 109 Å². The van der Waals surface area contributed by atoms with E-state index in [1.54, 1.807) is 6.92 Å². The molecule has 19 heavy (non-hydrogen) atoms. The van der Waals surface area contributed by atoms with Crippen molar-refractivity contribution in [2.75, 3.05) is 13.2 Å². The number of nitro benzene ring substituents is 1. The van der Waals surface area contributed by atoms with Gasteiger partial charge in [-0.25, -0.2) is 0 Å². The lowest BCUT2D eigenvalue weighted by Crippen LogP contribution is -2.16. The van der Waals surface area contributed by atoms with Gasteiger partial charge in [0.1, 0.15) is 13.2 Å². The number of benzene rings is 1. The van der Waals surface area contributed by atoms with Crippen LogP contribution in [0.5, 0.6) is 11.5 Å². The van der Waals surface area contributed by atoms with E-state index in [0.29, 0.717) is 31.1 Å². The molecule has 1 aromatic carbocycles. The molecule has 0 bridgehead atoms. The van der Waals surface area contributed by atoms with Crippen LogP contribution in [-0.2, 0) is 4.79 Å². The van der Waals surface area contributed by atoms with Gasteiger partial charge in [0.2, 0.25) is 0 Å². The zero-order valence-electron chi connectivity index (χ0n) is 10.4. The minimum atomic E-state index is -0.506. The number of carbonyl (C=O) groups excluding carboxylic acids is 1. The molecule has 1 heterocycles. The maximum atomic E-state index is 11.3. The standard InChI is InChI=1S/C13H13NO5/c1-2-9(15)3-4-10-11(14(16)17)5-6-12-13(10)19-8-7-18-12/h3-6H,2,7-8H2,1H3/b4-3+. The van der Waals surface area contributed by atoms with Gasteiger partial charge in [-0.3, -0.25) is 14.9 Å². The SMILES string of the molecule is CCC(=O)/C=C/c1c([N+](=O)[O-])ccc2c1OCCO2. The molecule has 6 heteroatoms. The molecular weight excluding hydrogens is 250 g/mol. The largest absolute Gasteiger partial charge is 0.486 e. The van der Waals surface area contributed by atoms with Crippen molar-refractivity contribution < 1.29 is 19.2 Å². The fourth-order valence-electron chi connectivity index (χ4n) is 1.74. The van der Waals surface area contributed by atoms with Crippen molar-refractivity contribution in [1.29, 1.82) is 0 Å². The first kappa shape index (κ1) is 13.1. The van der Waals surface area contributed by atoms with Crippen LogP contribution >= 0.6 is 0 Å². The summed E-state index contributed by atoms with van der Waals surface area (Å²) >= 11 is 0. The highest BCUT2D eigenvalue weighted by atomic mass is 16.6. The van der Waals surface area contributed by atoms with Crippen molar-refractivity contribution in [2.24, 2.45) is 0 Å². The highest BCUT2D eigenvalue weighted by Gasteiger charge is 2.23. The third-order valence-corrected chi connectivity index (χ3v) is 2.71. The number of ether oxygens (including phenoxy) is 2. The van der Waals surface area contributed by atoms with Gasteiger partial charge in [-0.2, -0.15) is 0 Å². The molecule has 1 aliphatic heterocycles. The normalized spacial score (nSPS) is 13.5. The van der Waals surface area contributed by atoms with Gasteiger partial charge in [0, 0.05) is 12.5 Å². The van der Waals surface area contributed by atoms with Crippen LogP contribution in [0.3, 0.4) is 0 Å². The van der Waals surface area contributed by atoms with Crippen LogP contribution in [0.4, 0.5) is 5.69 Å². The number of hydrogen-bond acceptors (Lipinski definition) is 5. The van der Waals surface area contributed by atoms with Gasteiger partial charge in [0.05, 0.1) is 10.5 Å². The predicted octanol–water partition coefficient (Wildman–Crippen LogP) is 2.36. The number of fused-ring (bicyclic) bond motifs is 1. The van der Waals surface area contributed by atoms with Gasteiger partial charge in [-0.05, 0) is 18.2 Å². The van der Waals surface area contributed by atoms with Gasteiger partial charge in [-0.1, -0.05) is 6.92 Å². The Balaban J connectivity index is 2.50. The van der Waals surface area contributed by atoms with Crippen LogP contribution in [0, 0.1) is 10.1 Å². The average molecular weight is 263 g/mol.